The summed E-state index contributed by atoms with van der Waals surface area (Å²) in [6.45, 7) is 0. The largest absolute Gasteiger partial charge is 0.456 e. The fourth-order valence-electron chi connectivity index (χ4n) is 5.78. The standard InChI is InChI=1S/C37H25N3O/c1-3-11-24(12-4-1)27-21-22-32-31(23-27)34-30(19-10-20-33(34)41-32)37-39-35(26-14-5-2-6-15-26)38-36(40-37)29-18-9-16-25-13-7-8-17-28(25)29/h1-23,37H,(H,38,39,40). The van der Waals surface area contributed by atoms with Gasteiger partial charge >= 0.3 is 0 Å². The maximum absolute atomic E-state index is 6.34. The zero-order valence-corrected chi connectivity index (χ0v) is 22.2. The molecule has 0 bridgehead atoms. The first-order chi connectivity index (χ1) is 20.3. The van der Waals surface area contributed by atoms with Crippen molar-refractivity contribution in [2.24, 2.45) is 9.98 Å². The highest BCUT2D eigenvalue weighted by Gasteiger charge is 2.24. The summed E-state index contributed by atoms with van der Waals surface area (Å²) in [5.74, 6) is 1.60. The molecule has 4 heteroatoms. The summed E-state index contributed by atoms with van der Waals surface area (Å²) >= 11 is 0. The van der Waals surface area contributed by atoms with Crippen molar-refractivity contribution in [1.82, 2.24) is 5.32 Å². The molecule has 0 aliphatic carbocycles. The third kappa shape index (κ3) is 4.09. The van der Waals surface area contributed by atoms with E-state index in [2.05, 4.69) is 108 Å². The van der Waals surface area contributed by atoms with E-state index in [0.717, 1.165) is 61.2 Å². The van der Waals surface area contributed by atoms with E-state index in [1.54, 1.807) is 0 Å². The molecule has 1 N–H and O–H groups in total. The molecule has 0 fully saturated rings. The van der Waals surface area contributed by atoms with Gasteiger partial charge in [-0.25, -0.2) is 9.98 Å². The number of furan rings is 1. The first-order valence-corrected chi connectivity index (χ1v) is 13.8. The van der Waals surface area contributed by atoms with Gasteiger partial charge in [-0.1, -0.05) is 121 Å². The van der Waals surface area contributed by atoms with Crippen LogP contribution in [0.5, 0.6) is 0 Å². The lowest BCUT2D eigenvalue weighted by Crippen LogP contribution is -2.36. The van der Waals surface area contributed by atoms with Crippen molar-refractivity contribution in [2.45, 2.75) is 6.17 Å². The molecule has 0 saturated heterocycles. The molecule has 4 nitrogen and oxygen atoms in total. The molecule has 41 heavy (non-hydrogen) atoms. The fourth-order valence-corrected chi connectivity index (χ4v) is 5.78. The number of hydrogen-bond donors (Lipinski definition) is 1. The fraction of sp³-hybridized carbons (Fsp3) is 0.0270. The predicted molar refractivity (Wildman–Crippen MR) is 168 cm³/mol. The van der Waals surface area contributed by atoms with E-state index in [0.29, 0.717) is 0 Å². The van der Waals surface area contributed by atoms with Crippen molar-refractivity contribution < 1.29 is 4.42 Å². The maximum Gasteiger partial charge on any atom is 0.170 e. The minimum absolute atomic E-state index is 0.453. The number of benzene rings is 6. The Morgan fingerprint density at radius 2 is 1.22 bits per heavy atom. The summed E-state index contributed by atoms with van der Waals surface area (Å²) in [4.78, 5) is 10.4. The molecule has 0 spiro atoms. The highest BCUT2D eigenvalue weighted by molar-refractivity contribution is 6.20. The summed E-state index contributed by atoms with van der Waals surface area (Å²) in [5.41, 5.74) is 7.08. The van der Waals surface area contributed by atoms with Gasteiger partial charge < -0.3 is 9.73 Å². The Kier molecular flexibility index (Phi) is 5.49. The lowest BCUT2D eigenvalue weighted by atomic mass is 9.99. The Morgan fingerprint density at radius 3 is 2.07 bits per heavy atom. The smallest absolute Gasteiger partial charge is 0.170 e. The number of rotatable bonds is 4. The summed E-state index contributed by atoms with van der Waals surface area (Å²) in [6, 6.07) is 48.0. The maximum atomic E-state index is 6.34. The summed E-state index contributed by atoms with van der Waals surface area (Å²) in [5, 5.41) is 7.99. The van der Waals surface area contributed by atoms with Crippen LogP contribution < -0.4 is 5.32 Å². The average Bonchev–Trinajstić information content (AvgIpc) is 3.43. The molecular weight excluding hydrogens is 502 g/mol. The van der Waals surface area contributed by atoms with Crippen molar-refractivity contribution in [2.75, 3.05) is 0 Å². The molecule has 0 radical (unpaired) electrons. The number of amidine groups is 2. The Hall–Kier alpha value is -5.48. The highest BCUT2D eigenvalue weighted by Crippen LogP contribution is 2.38. The van der Waals surface area contributed by atoms with Crippen molar-refractivity contribution in [3.63, 3.8) is 0 Å². The second-order valence-corrected chi connectivity index (χ2v) is 10.2. The van der Waals surface area contributed by atoms with Gasteiger partial charge in [-0.05, 0) is 40.1 Å². The molecular formula is C37H25N3O. The van der Waals surface area contributed by atoms with E-state index in [1.807, 2.05) is 36.4 Å². The lowest BCUT2D eigenvalue weighted by Gasteiger charge is -2.23. The summed E-state index contributed by atoms with van der Waals surface area (Å²) < 4.78 is 6.34. The number of fused-ring (bicyclic) bond motifs is 4. The van der Waals surface area contributed by atoms with E-state index in [1.165, 1.54) is 10.9 Å². The van der Waals surface area contributed by atoms with Crippen LogP contribution in [0.15, 0.2) is 154 Å². The molecule has 1 unspecified atom stereocenters. The van der Waals surface area contributed by atoms with Crippen molar-refractivity contribution in [1.29, 1.82) is 0 Å². The molecule has 7 aromatic rings. The Labute approximate surface area is 237 Å². The first-order valence-electron chi connectivity index (χ1n) is 13.8. The summed E-state index contributed by atoms with van der Waals surface area (Å²) in [7, 11) is 0. The minimum atomic E-state index is -0.453. The van der Waals surface area contributed by atoms with E-state index in [4.69, 9.17) is 14.4 Å². The van der Waals surface area contributed by atoms with E-state index in [-0.39, 0.29) is 0 Å². The van der Waals surface area contributed by atoms with E-state index >= 15 is 0 Å². The van der Waals surface area contributed by atoms with Gasteiger partial charge in [0.1, 0.15) is 22.8 Å². The molecule has 1 aliphatic heterocycles. The van der Waals surface area contributed by atoms with Crippen LogP contribution in [0.1, 0.15) is 22.9 Å². The van der Waals surface area contributed by atoms with Gasteiger partial charge in [-0.2, -0.15) is 0 Å². The first kappa shape index (κ1) is 23.4. The SMILES string of the molecule is c1ccc(C2=NC(c3cccc4oc5ccc(-c6ccccc6)cc5c34)N=C(c3cccc4ccccc34)N2)cc1. The van der Waals surface area contributed by atoms with Gasteiger partial charge in [0.15, 0.2) is 6.17 Å². The lowest BCUT2D eigenvalue weighted by molar-refractivity contribution is 0.667. The van der Waals surface area contributed by atoms with Crippen LogP contribution in [0.2, 0.25) is 0 Å². The third-order valence-corrected chi connectivity index (χ3v) is 7.74. The molecule has 1 atom stereocenters. The van der Waals surface area contributed by atoms with Gasteiger partial charge in [0.25, 0.3) is 0 Å². The monoisotopic (exact) mass is 527 g/mol. The Morgan fingerprint density at radius 1 is 0.512 bits per heavy atom. The predicted octanol–water partition coefficient (Wildman–Crippen LogP) is 8.90. The minimum Gasteiger partial charge on any atom is -0.456 e. The van der Waals surface area contributed by atoms with E-state index in [9.17, 15) is 0 Å². The van der Waals surface area contributed by atoms with E-state index < -0.39 is 6.17 Å². The van der Waals surface area contributed by atoms with Crippen LogP contribution in [-0.2, 0) is 0 Å². The average molecular weight is 528 g/mol. The third-order valence-electron chi connectivity index (χ3n) is 7.74. The van der Waals surface area contributed by atoms with Gasteiger partial charge in [-0.3, -0.25) is 0 Å². The normalized spacial score (nSPS) is 15.1. The molecule has 0 amide bonds. The van der Waals surface area contributed by atoms with Gasteiger partial charge in [0.05, 0.1) is 0 Å². The van der Waals surface area contributed by atoms with Gasteiger partial charge in [0, 0.05) is 27.5 Å². The van der Waals surface area contributed by atoms with Crippen LogP contribution in [0, 0.1) is 0 Å². The van der Waals surface area contributed by atoms with Crippen molar-refractivity contribution >= 4 is 44.4 Å². The second kappa shape index (κ2) is 9.61. The molecule has 8 rings (SSSR count). The zero-order chi connectivity index (χ0) is 27.2. The number of aliphatic imine (C=N–C) groups is 2. The molecule has 1 aliphatic rings. The van der Waals surface area contributed by atoms with Crippen LogP contribution in [0.4, 0.5) is 0 Å². The Balaban J connectivity index is 1.35. The molecule has 6 aromatic carbocycles. The number of hydrogen-bond acceptors (Lipinski definition) is 4. The topological polar surface area (TPSA) is 49.9 Å². The number of nitrogens with one attached hydrogen (secondary N) is 1. The van der Waals surface area contributed by atoms with Crippen LogP contribution in [0.3, 0.4) is 0 Å². The second-order valence-electron chi connectivity index (χ2n) is 10.2. The molecule has 194 valence electrons. The van der Waals surface area contributed by atoms with Gasteiger partial charge in [0.2, 0.25) is 0 Å². The van der Waals surface area contributed by atoms with Crippen molar-refractivity contribution in [3.8, 4) is 11.1 Å². The van der Waals surface area contributed by atoms with Gasteiger partial charge in [-0.15, -0.1) is 0 Å². The summed E-state index contributed by atoms with van der Waals surface area (Å²) in [6.07, 6.45) is -0.453. The molecule has 0 saturated carbocycles. The Bertz CT molecular complexity index is 2120. The molecule has 2 heterocycles. The quantitative estimate of drug-likeness (QED) is 0.248. The highest BCUT2D eigenvalue weighted by atomic mass is 16.3. The van der Waals surface area contributed by atoms with Crippen LogP contribution in [0.25, 0.3) is 43.8 Å². The van der Waals surface area contributed by atoms with Crippen molar-refractivity contribution in [3.05, 3.63) is 156 Å². The number of nitrogens with zero attached hydrogens (tertiary/aromatic N) is 2. The van der Waals surface area contributed by atoms with Crippen LogP contribution in [-0.4, -0.2) is 11.7 Å². The zero-order valence-electron chi connectivity index (χ0n) is 22.2. The van der Waals surface area contributed by atoms with Crippen LogP contribution >= 0.6 is 0 Å². The molecule has 1 aromatic heterocycles.